The maximum atomic E-state index is 13.7. The monoisotopic (exact) mass is 288 g/mol. The van der Waals surface area contributed by atoms with Crippen LogP contribution in [0.15, 0.2) is 40.9 Å². The quantitative estimate of drug-likeness (QED) is 0.812. The van der Waals surface area contributed by atoms with Crippen molar-refractivity contribution < 1.29 is 13.7 Å². The van der Waals surface area contributed by atoms with E-state index in [0.29, 0.717) is 29.1 Å². The summed E-state index contributed by atoms with van der Waals surface area (Å²) in [6, 6.07) is 8.15. The van der Waals surface area contributed by atoms with Crippen molar-refractivity contribution >= 4 is 11.5 Å². The number of hydrogen-bond acceptors (Lipinski definition) is 3. The molecular weight excluding hydrogens is 271 g/mol. The van der Waals surface area contributed by atoms with Crippen LogP contribution in [0, 0.1) is 12.7 Å². The van der Waals surface area contributed by atoms with Crippen LogP contribution in [0.2, 0.25) is 0 Å². The normalized spacial score (nSPS) is 11.5. The van der Waals surface area contributed by atoms with Gasteiger partial charge in [-0.3, -0.25) is 4.79 Å². The number of nitrogens with zero attached hydrogens (tertiary/aromatic N) is 2. The highest BCUT2D eigenvalue weighted by Crippen LogP contribution is 2.17. The summed E-state index contributed by atoms with van der Waals surface area (Å²) in [6.45, 7) is 3.85. The van der Waals surface area contributed by atoms with E-state index < -0.39 is 0 Å². The lowest BCUT2D eigenvalue weighted by molar-refractivity contribution is -0.125. The van der Waals surface area contributed by atoms with Gasteiger partial charge in [0.1, 0.15) is 17.3 Å². The lowest BCUT2D eigenvalue weighted by Gasteiger charge is -2.14. The van der Waals surface area contributed by atoms with Gasteiger partial charge in [-0.1, -0.05) is 23.4 Å². The van der Waals surface area contributed by atoms with Gasteiger partial charge in [0.2, 0.25) is 5.91 Å². The summed E-state index contributed by atoms with van der Waals surface area (Å²) in [6.07, 6.45) is 1.42. The number of likely N-dealkylation sites (N-methyl/N-ethyl adjacent to an activating group) is 1. The Balaban J connectivity index is 2.09. The summed E-state index contributed by atoms with van der Waals surface area (Å²) in [5, 5.41) is 3.84. The number of hydrogen-bond donors (Lipinski definition) is 0. The first kappa shape index (κ1) is 15.0. The van der Waals surface area contributed by atoms with Crippen LogP contribution in [0.1, 0.15) is 23.9 Å². The van der Waals surface area contributed by atoms with Gasteiger partial charge in [-0.25, -0.2) is 4.39 Å². The van der Waals surface area contributed by atoms with Crippen molar-refractivity contribution in [3.63, 3.8) is 0 Å². The van der Waals surface area contributed by atoms with Gasteiger partial charge in [0.15, 0.2) is 0 Å². The molecule has 0 N–H and O–H groups in total. The maximum Gasteiger partial charge on any atom is 0.246 e. The second-order valence-corrected chi connectivity index (χ2v) is 4.93. The molecule has 0 aliphatic heterocycles. The van der Waals surface area contributed by atoms with Gasteiger partial charge in [-0.2, -0.15) is 0 Å². The minimum Gasteiger partial charge on any atom is -0.361 e. The van der Waals surface area contributed by atoms with E-state index in [1.807, 2.05) is 0 Å². The van der Waals surface area contributed by atoms with Crippen molar-refractivity contribution in [2.75, 3.05) is 7.05 Å². The van der Waals surface area contributed by atoms with Crippen LogP contribution < -0.4 is 0 Å². The second-order valence-electron chi connectivity index (χ2n) is 4.93. The third-order valence-electron chi connectivity index (χ3n) is 3.09. The predicted molar refractivity (Wildman–Crippen MR) is 77.8 cm³/mol. The number of carbonyl (C=O) groups excluding carboxylic acids is 1. The Morgan fingerprint density at radius 3 is 2.76 bits per heavy atom. The van der Waals surface area contributed by atoms with Gasteiger partial charge in [0, 0.05) is 24.8 Å². The maximum absolute atomic E-state index is 13.7. The summed E-state index contributed by atoms with van der Waals surface area (Å²) < 4.78 is 18.6. The first-order valence-electron chi connectivity index (χ1n) is 6.58. The largest absolute Gasteiger partial charge is 0.361 e. The highest BCUT2D eigenvalue weighted by atomic mass is 19.1. The Morgan fingerprint density at radius 1 is 1.43 bits per heavy atom. The SMILES string of the molecule is C/C(=C/C(=O)N(C)Cc1cc(C)on1)c1ccccc1F. The van der Waals surface area contributed by atoms with Crippen LogP contribution >= 0.6 is 0 Å². The Bertz CT molecular complexity index is 676. The zero-order valence-electron chi connectivity index (χ0n) is 12.3. The number of halogens is 1. The van der Waals surface area contributed by atoms with E-state index in [1.165, 1.54) is 17.0 Å². The van der Waals surface area contributed by atoms with E-state index in [0.717, 1.165) is 0 Å². The van der Waals surface area contributed by atoms with Crippen molar-refractivity contribution in [3.05, 3.63) is 59.2 Å². The van der Waals surface area contributed by atoms with Crippen molar-refractivity contribution in [2.45, 2.75) is 20.4 Å². The Hall–Kier alpha value is -2.43. The number of aromatic nitrogens is 1. The summed E-state index contributed by atoms with van der Waals surface area (Å²) in [5.41, 5.74) is 1.69. The minimum absolute atomic E-state index is 0.212. The fourth-order valence-electron chi connectivity index (χ4n) is 1.97. The molecule has 2 rings (SSSR count). The van der Waals surface area contributed by atoms with Crippen LogP contribution in [-0.4, -0.2) is 23.0 Å². The Labute approximate surface area is 122 Å². The number of amides is 1. The first-order valence-corrected chi connectivity index (χ1v) is 6.58. The molecule has 1 heterocycles. The topological polar surface area (TPSA) is 46.3 Å². The molecule has 0 unspecified atom stereocenters. The molecule has 0 saturated heterocycles. The van der Waals surface area contributed by atoms with E-state index in [1.54, 1.807) is 45.2 Å². The van der Waals surface area contributed by atoms with Gasteiger partial charge in [0.05, 0.1) is 6.54 Å². The number of allylic oxidation sites excluding steroid dienone is 1. The van der Waals surface area contributed by atoms with Crippen molar-refractivity contribution in [3.8, 4) is 0 Å². The van der Waals surface area contributed by atoms with Gasteiger partial charge >= 0.3 is 0 Å². The summed E-state index contributed by atoms with van der Waals surface area (Å²) in [7, 11) is 1.66. The van der Waals surface area contributed by atoms with Crippen LogP contribution in [-0.2, 0) is 11.3 Å². The fraction of sp³-hybridized carbons (Fsp3) is 0.250. The molecule has 0 saturated carbocycles. The highest BCUT2D eigenvalue weighted by Gasteiger charge is 2.11. The molecule has 110 valence electrons. The molecule has 1 amide bonds. The molecule has 0 atom stereocenters. The molecule has 4 nitrogen and oxygen atoms in total. The number of aryl methyl sites for hydroxylation is 1. The lowest BCUT2D eigenvalue weighted by Crippen LogP contribution is -2.24. The highest BCUT2D eigenvalue weighted by molar-refractivity contribution is 5.94. The lowest BCUT2D eigenvalue weighted by atomic mass is 10.1. The van der Waals surface area contributed by atoms with E-state index in [4.69, 9.17) is 4.52 Å². The first-order chi connectivity index (χ1) is 9.97. The Morgan fingerprint density at radius 2 is 2.14 bits per heavy atom. The van der Waals surface area contributed by atoms with Gasteiger partial charge in [-0.05, 0) is 25.5 Å². The second kappa shape index (κ2) is 6.35. The van der Waals surface area contributed by atoms with Crippen molar-refractivity contribution in [1.29, 1.82) is 0 Å². The zero-order valence-corrected chi connectivity index (χ0v) is 12.3. The molecule has 1 aromatic heterocycles. The van der Waals surface area contributed by atoms with Crippen LogP contribution in [0.25, 0.3) is 5.57 Å². The molecule has 0 bridgehead atoms. The van der Waals surface area contributed by atoms with Gasteiger partial charge in [-0.15, -0.1) is 0 Å². The smallest absolute Gasteiger partial charge is 0.246 e. The van der Waals surface area contributed by atoms with Crippen LogP contribution in [0.4, 0.5) is 4.39 Å². The van der Waals surface area contributed by atoms with Gasteiger partial charge in [0.25, 0.3) is 0 Å². The predicted octanol–water partition coefficient (Wildman–Crippen LogP) is 3.18. The summed E-state index contributed by atoms with van der Waals surface area (Å²) in [5.74, 6) is 0.147. The molecular formula is C16H17FN2O2. The zero-order chi connectivity index (χ0) is 15.4. The van der Waals surface area contributed by atoms with Crippen molar-refractivity contribution in [1.82, 2.24) is 10.1 Å². The van der Waals surface area contributed by atoms with Gasteiger partial charge < -0.3 is 9.42 Å². The molecule has 21 heavy (non-hydrogen) atoms. The van der Waals surface area contributed by atoms with E-state index in [9.17, 15) is 9.18 Å². The average molecular weight is 288 g/mol. The molecule has 0 fully saturated rings. The molecule has 0 aliphatic carbocycles. The minimum atomic E-state index is -0.339. The van der Waals surface area contributed by atoms with E-state index in [-0.39, 0.29) is 11.7 Å². The number of benzene rings is 1. The molecule has 2 aromatic rings. The number of carbonyl (C=O) groups is 1. The molecule has 0 spiro atoms. The van der Waals surface area contributed by atoms with Crippen LogP contribution in [0.3, 0.4) is 0 Å². The summed E-state index contributed by atoms with van der Waals surface area (Å²) in [4.78, 5) is 13.6. The summed E-state index contributed by atoms with van der Waals surface area (Å²) >= 11 is 0. The standard InChI is InChI=1S/C16H17FN2O2/c1-11(14-6-4-5-7-15(14)17)8-16(20)19(3)10-13-9-12(2)21-18-13/h4-9H,10H2,1-3H3/b11-8-. The number of rotatable bonds is 4. The third kappa shape index (κ3) is 3.78. The molecule has 0 aliphatic rings. The van der Waals surface area contributed by atoms with E-state index in [2.05, 4.69) is 5.16 Å². The van der Waals surface area contributed by atoms with Crippen LogP contribution in [0.5, 0.6) is 0 Å². The van der Waals surface area contributed by atoms with E-state index >= 15 is 0 Å². The fourth-order valence-corrected chi connectivity index (χ4v) is 1.97. The molecule has 0 radical (unpaired) electrons. The third-order valence-corrected chi connectivity index (χ3v) is 3.09. The van der Waals surface area contributed by atoms with Crippen molar-refractivity contribution in [2.24, 2.45) is 0 Å². The Kier molecular flexibility index (Phi) is 4.52. The molecule has 5 heteroatoms. The molecule has 1 aromatic carbocycles. The average Bonchev–Trinajstić information content (AvgIpc) is 2.84.